The van der Waals surface area contributed by atoms with Crippen LogP contribution >= 0.6 is 15.9 Å². The molecule has 0 saturated carbocycles. The molecule has 5 heteroatoms. The van der Waals surface area contributed by atoms with Crippen LogP contribution in [0.3, 0.4) is 0 Å². The summed E-state index contributed by atoms with van der Waals surface area (Å²) in [6.07, 6.45) is 1.25. The molecule has 2 aromatic carbocycles. The summed E-state index contributed by atoms with van der Waals surface area (Å²) in [5.41, 5.74) is 1.41. The highest BCUT2D eigenvalue weighted by molar-refractivity contribution is 9.10. The first-order chi connectivity index (χ1) is 12.5. The van der Waals surface area contributed by atoms with Crippen LogP contribution in [0, 0.1) is 0 Å². The highest BCUT2D eigenvalue weighted by Crippen LogP contribution is 2.45. The molecule has 2 fully saturated rings. The molecule has 0 aliphatic carbocycles. The van der Waals surface area contributed by atoms with Gasteiger partial charge in [-0.15, -0.1) is 0 Å². The second-order valence-electron chi connectivity index (χ2n) is 7.44. The summed E-state index contributed by atoms with van der Waals surface area (Å²) in [5.74, 6) is 0. The minimum absolute atomic E-state index is 0.197. The fourth-order valence-electron chi connectivity index (χ4n) is 3.64. The van der Waals surface area contributed by atoms with Gasteiger partial charge in [0.1, 0.15) is 0 Å². The Morgan fingerprint density at radius 1 is 1.12 bits per heavy atom. The molecule has 0 N–H and O–H groups in total. The van der Waals surface area contributed by atoms with Crippen LogP contribution in [0.1, 0.15) is 24.5 Å². The fraction of sp³-hybridized carbons (Fsp3) is 0.381. The molecule has 2 atom stereocenters. The van der Waals surface area contributed by atoms with Gasteiger partial charge in [0.2, 0.25) is 0 Å². The van der Waals surface area contributed by atoms with Crippen molar-refractivity contribution in [3.63, 3.8) is 0 Å². The van der Waals surface area contributed by atoms with Crippen molar-refractivity contribution >= 4 is 22.0 Å². The number of cyclic esters (lactones) is 1. The molecule has 0 aromatic heterocycles. The van der Waals surface area contributed by atoms with E-state index in [1.807, 2.05) is 47.4 Å². The van der Waals surface area contributed by atoms with E-state index >= 15 is 0 Å². The fourth-order valence-corrected chi connectivity index (χ4v) is 3.90. The van der Waals surface area contributed by atoms with Crippen molar-refractivity contribution in [2.24, 2.45) is 0 Å². The zero-order valence-corrected chi connectivity index (χ0v) is 16.4. The lowest BCUT2D eigenvalue weighted by atomic mass is 9.85. The molecule has 2 aliphatic rings. The first-order valence-corrected chi connectivity index (χ1v) is 9.69. The van der Waals surface area contributed by atoms with Crippen molar-refractivity contribution in [3.8, 4) is 0 Å². The number of hydrogen-bond acceptors (Lipinski definition) is 3. The number of epoxide rings is 1. The Bertz CT molecular complexity index is 789. The van der Waals surface area contributed by atoms with Crippen LogP contribution in [0.25, 0.3) is 0 Å². The topological polar surface area (TPSA) is 42.1 Å². The lowest BCUT2D eigenvalue weighted by Crippen LogP contribution is -2.36. The van der Waals surface area contributed by atoms with E-state index in [2.05, 4.69) is 35.0 Å². The lowest BCUT2D eigenvalue weighted by Gasteiger charge is -2.29. The Labute approximate surface area is 162 Å². The zero-order valence-electron chi connectivity index (χ0n) is 14.8. The normalized spacial score (nSPS) is 27.5. The summed E-state index contributed by atoms with van der Waals surface area (Å²) in [5, 5.41) is 0. The van der Waals surface area contributed by atoms with Gasteiger partial charge < -0.3 is 14.4 Å². The van der Waals surface area contributed by atoms with E-state index in [9.17, 15) is 4.79 Å². The van der Waals surface area contributed by atoms with Crippen LogP contribution in [-0.4, -0.2) is 36.3 Å². The molecule has 136 valence electrons. The number of carbonyl (C=O) groups excluding carboxylic acids is 1. The third-order valence-corrected chi connectivity index (χ3v) is 5.70. The summed E-state index contributed by atoms with van der Waals surface area (Å²) < 4.78 is 12.6. The maximum Gasteiger partial charge on any atom is 0.410 e. The molecule has 0 bridgehead atoms. The van der Waals surface area contributed by atoms with Crippen LogP contribution in [0.15, 0.2) is 59.1 Å². The van der Waals surface area contributed by atoms with Crippen molar-refractivity contribution in [1.29, 1.82) is 0 Å². The van der Waals surface area contributed by atoms with Crippen LogP contribution in [-0.2, 0) is 21.5 Å². The number of carbonyl (C=O) groups is 1. The first-order valence-electron chi connectivity index (χ1n) is 8.90. The molecule has 2 unspecified atom stereocenters. The summed E-state index contributed by atoms with van der Waals surface area (Å²) >= 11 is 3.45. The molecule has 2 aromatic rings. The number of ether oxygens (including phenoxy) is 2. The lowest BCUT2D eigenvalue weighted by molar-refractivity contribution is 0.0279. The van der Waals surface area contributed by atoms with Gasteiger partial charge in [-0.3, -0.25) is 0 Å². The van der Waals surface area contributed by atoms with Crippen molar-refractivity contribution in [1.82, 2.24) is 4.90 Å². The third kappa shape index (κ3) is 3.64. The molecule has 26 heavy (non-hydrogen) atoms. The Kier molecular flexibility index (Phi) is 4.53. The smallest absolute Gasteiger partial charge is 0.410 e. The predicted molar refractivity (Wildman–Crippen MR) is 103 cm³/mol. The van der Waals surface area contributed by atoms with Crippen LogP contribution < -0.4 is 0 Å². The van der Waals surface area contributed by atoms with Crippen molar-refractivity contribution in [2.75, 3.05) is 19.7 Å². The Hall–Kier alpha value is -1.85. The zero-order chi connectivity index (χ0) is 18.2. The first kappa shape index (κ1) is 17.6. The van der Waals surface area contributed by atoms with Crippen LogP contribution in [0.4, 0.5) is 4.79 Å². The van der Waals surface area contributed by atoms with Gasteiger partial charge in [0, 0.05) is 17.4 Å². The molecule has 2 heterocycles. The molecule has 0 radical (unpaired) electrons. The maximum absolute atomic E-state index is 12.6. The van der Waals surface area contributed by atoms with Gasteiger partial charge in [-0.25, -0.2) is 4.79 Å². The quantitative estimate of drug-likeness (QED) is 0.651. The second kappa shape index (κ2) is 6.71. The average molecular weight is 416 g/mol. The second-order valence-corrected chi connectivity index (χ2v) is 8.36. The molecule has 2 saturated heterocycles. The van der Waals surface area contributed by atoms with E-state index in [4.69, 9.17) is 9.47 Å². The molecule has 4 rings (SSSR count). The Morgan fingerprint density at radius 2 is 1.81 bits per heavy atom. The van der Waals surface area contributed by atoms with E-state index < -0.39 is 5.60 Å². The number of nitrogens with zero attached hydrogens (tertiary/aromatic N) is 1. The predicted octanol–water partition coefficient (Wildman–Crippen LogP) is 4.52. The summed E-state index contributed by atoms with van der Waals surface area (Å²) in [7, 11) is 0. The molecular formula is C21H22BrNO3. The number of amides is 1. The monoisotopic (exact) mass is 415 g/mol. The number of benzene rings is 2. The minimum Gasteiger partial charge on any atom is -0.436 e. The Morgan fingerprint density at radius 3 is 2.46 bits per heavy atom. The standard InChI is InChI=1S/C21H22BrNO3/c1-20(15-25-20)13-21(17-5-3-2-4-6-17)14-23(19(24)26-21)12-11-16-7-9-18(22)10-8-16/h2-10H,11-15H2,1H3. The van der Waals surface area contributed by atoms with E-state index in [1.54, 1.807) is 0 Å². The van der Waals surface area contributed by atoms with Gasteiger partial charge >= 0.3 is 6.09 Å². The molecular weight excluding hydrogens is 394 g/mol. The summed E-state index contributed by atoms with van der Waals surface area (Å²) in [6, 6.07) is 18.2. The number of hydrogen-bond donors (Lipinski definition) is 0. The molecule has 1 amide bonds. The van der Waals surface area contributed by atoms with Crippen molar-refractivity contribution in [3.05, 3.63) is 70.2 Å². The maximum atomic E-state index is 12.6. The molecule has 2 aliphatic heterocycles. The molecule has 4 nitrogen and oxygen atoms in total. The summed E-state index contributed by atoms with van der Waals surface area (Å²) in [4.78, 5) is 14.4. The number of rotatable bonds is 6. The molecule has 0 spiro atoms. The largest absolute Gasteiger partial charge is 0.436 e. The van der Waals surface area contributed by atoms with E-state index in [0.717, 1.165) is 23.1 Å². The van der Waals surface area contributed by atoms with Gasteiger partial charge in [-0.05, 0) is 36.6 Å². The summed E-state index contributed by atoms with van der Waals surface area (Å²) in [6.45, 7) is 4.01. The average Bonchev–Trinajstić information content (AvgIpc) is 3.27. The third-order valence-electron chi connectivity index (χ3n) is 5.17. The van der Waals surface area contributed by atoms with Gasteiger partial charge in [0.25, 0.3) is 0 Å². The minimum atomic E-state index is -0.636. The van der Waals surface area contributed by atoms with E-state index in [1.165, 1.54) is 5.56 Å². The van der Waals surface area contributed by atoms with Gasteiger partial charge in [-0.1, -0.05) is 58.4 Å². The van der Waals surface area contributed by atoms with Crippen LogP contribution in [0.5, 0.6) is 0 Å². The van der Waals surface area contributed by atoms with Gasteiger partial charge in [0.05, 0.1) is 18.8 Å². The van der Waals surface area contributed by atoms with Crippen LogP contribution in [0.2, 0.25) is 0 Å². The van der Waals surface area contributed by atoms with E-state index in [-0.39, 0.29) is 11.7 Å². The van der Waals surface area contributed by atoms with Crippen molar-refractivity contribution in [2.45, 2.75) is 31.0 Å². The Balaban J connectivity index is 1.51. The highest BCUT2D eigenvalue weighted by atomic mass is 79.9. The van der Waals surface area contributed by atoms with Crippen molar-refractivity contribution < 1.29 is 14.3 Å². The van der Waals surface area contributed by atoms with E-state index in [0.29, 0.717) is 19.5 Å². The van der Waals surface area contributed by atoms with Gasteiger partial charge in [0.15, 0.2) is 5.60 Å². The highest BCUT2D eigenvalue weighted by Gasteiger charge is 2.54. The SMILES string of the molecule is CC1(CC2(c3ccccc3)CN(CCc3ccc(Br)cc3)C(=O)O2)CO1. The number of halogens is 1. The van der Waals surface area contributed by atoms with Gasteiger partial charge in [-0.2, -0.15) is 0 Å².